The van der Waals surface area contributed by atoms with Crippen LogP contribution in [-0.4, -0.2) is 6.71 Å². The summed E-state index contributed by atoms with van der Waals surface area (Å²) in [7, 11) is 0. The summed E-state index contributed by atoms with van der Waals surface area (Å²) in [4.78, 5) is 7.38. The maximum atomic E-state index is 2.49. The van der Waals surface area contributed by atoms with E-state index in [1.165, 1.54) is 44.7 Å². The third-order valence-electron chi connectivity index (χ3n) is 9.57. The van der Waals surface area contributed by atoms with Crippen molar-refractivity contribution >= 4 is 74.3 Å². The number of para-hydroxylation sites is 6. The van der Waals surface area contributed by atoms with Crippen LogP contribution in [0.5, 0.6) is 0 Å². The summed E-state index contributed by atoms with van der Waals surface area (Å²) in [6.07, 6.45) is 0. The molecule has 0 aromatic heterocycles. The van der Waals surface area contributed by atoms with Gasteiger partial charge in [-0.25, -0.2) is 0 Å². The van der Waals surface area contributed by atoms with Crippen LogP contribution in [0, 0.1) is 6.92 Å². The minimum atomic E-state index is 0.0852. The number of nitrogens with zero attached hydrogens (tertiary/aromatic N) is 3. The highest BCUT2D eigenvalue weighted by atomic mass is 15.2. The zero-order valence-electron chi connectivity index (χ0n) is 26.2. The average Bonchev–Trinajstić information content (AvgIpc) is 3.14. The molecule has 4 heteroatoms. The van der Waals surface area contributed by atoms with E-state index >= 15 is 0 Å². The molecular formula is C43H32BN3. The lowest BCUT2D eigenvalue weighted by molar-refractivity contribution is 1.19. The van der Waals surface area contributed by atoms with Crippen LogP contribution < -0.4 is 31.1 Å². The van der Waals surface area contributed by atoms with Crippen molar-refractivity contribution in [2.24, 2.45) is 0 Å². The Bertz CT molecular complexity index is 2170. The molecule has 0 bridgehead atoms. The molecule has 0 unspecified atom stereocenters. The molecule has 7 aromatic rings. The quantitative estimate of drug-likeness (QED) is 0.182. The maximum Gasteiger partial charge on any atom is 0.252 e. The van der Waals surface area contributed by atoms with E-state index in [1.54, 1.807) is 0 Å². The molecule has 222 valence electrons. The average molecular weight is 602 g/mol. The monoisotopic (exact) mass is 601 g/mol. The molecule has 0 saturated carbocycles. The Morgan fingerprint density at radius 2 is 0.872 bits per heavy atom. The van der Waals surface area contributed by atoms with E-state index in [0.29, 0.717) is 0 Å². The molecule has 0 atom stereocenters. The van der Waals surface area contributed by atoms with E-state index in [0.717, 1.165) is 28.4 Å². The van der Waals surface area contributed by atoms with Crippen LogP contribution in [0.2, 0.25) is 0 Å². The van der Waals surface area contributed by atoms with Crippen molar-refractivity contribution < 1.29 is 0 Å². The van der Waals surface area contributed by atoms with E-state index in [9.17, 15) is 0 Å². The minimum absolute atomic E-state index is 0.0852. The van der Waals surface area contributed by atoms with Crippen molar-refractivity contribution in [3.63, 3.8) is 0 Å². The Balaban J connectivity index is 1.44. The van der Waals surface area contributed by atoms with Crippen molar-refractivity contribution in [1.82, 2.24) is 0 Å². The molecule has 0 saturated heterocycles. The molecule has 0 spiro atoms. The van der Waals surface area contributed by atoms with Gasteiger partial charge in [0.15, 0.2) is 0 Å². The van der Waals surface area contributed by atoms with E-state index in [2.05, 4.69) is 198 Å². The number of hydrogen-bond acceptors (Lipinski definition) is 3. The second-order valence-electron chi connectivity index (χ2n) is 12.2. The summed E-state index contributed by atoms with van der Waals surface area (Å²) in [5, 5.41) is 0. The van der Waals surface area contributed by atoms with Crippen LogP contribution in [0.1, 0.15) is 5.56 Å². The Morgan fingerprint density at radius 3 is 1.40 bits per heavy atom. The Kier molecular flexibility index (Phi) is 6.46. The molecule has 7 aromatic carbocycles. The summed E-state index contributed by atoms with van der Waals surface area (Å²) >= 11 is 0. The second-order valence-corrected chi connectivity index (χ2v) is 12.2. The largest absolute Gasteiger partial charge is 0.311 e. The number of fused-ring (bicyclic) bond motifs is 4. The van der Waals surface area contributed by atoms with Gasteiger partial charge in [-0.15, -0.1) is 0 Å². The Hall–Kier alpha value is -6.00. The lowest BCUT2D eigenvalue weighted by atomic mass is 9.33. The van der Waals surface area contributed by atoms with Crippen LogP contribution in [-0.2, 0) is 0 Å². The van der Waals surface area contributed by atoms with Gasteiger partial charge in [-0.3, -0.25) is 0 Å². The van der Waals surface area contributed by atoms with E-state index in [4.69, 9.17) is 0 Å². The van der Waals surface area contributed by atoms with Crippen molar-refractivity contribution in [2.75, 3.05) is 14.7 Å². The fourth-order valence-electron chi connectivity index (χ4n) is 7.63. The van der Waals surface area contributed by atoms with Crippen molar-refractivity contribution in [1.29, 1.82) is 0 Å². The van der Waals surface area contributed by atoms with E-state index < -0.39 is 0 Å². The van der Waals surface area contributed by atoms with Gasteiger partial charge in [0.25, 0.3) is 6.71 Å². The van der Waals surface area contributed by atoms with Crippen LogP contribution in [0.25, 0.3) is 0 Å². The van der Waals surface area contributed by atoms with E-state index in [-0.39, 0.29) is 6.71 Å². The van der Waals surface area contributed by atoms with Crippen LogP contribution in [0.4, 0.5) is 51.2 Å². The molecule has 2 aliphatic rings. The summed E-state index contributed by atoms with van der Waals surface area (Å²) in [6.45, 7) is 2.39. The highest BCUT2D eigenvalue weighted by molar-refractivity contribution is 7.00. The second kappa shape index (κ2) is 11.1. The Labute approximate surface area is 276 Å². The topological polar surface area (TPSA) is 9.72 Å². The SMILES string of the molecule is Cc1c(N(c2ccccc2)c2ccccc2)cc2c3c1N(c1ccccc1)c1ccccc1B3c1ccccc1N2c1ccccc1. The fourth-order valence-corrected chi connectivity index (χ4v) is 7.63. The van der Waals surface area contributed by atoms with Gasteiger partial charge in [-0.05, 0) is 95.6 Å². The molecule has 0 N–H and O–H groups in total. The molecule has 2 aliphatic heterocycles. The zero-order valence-corrected chi connectivity index (χ0v) is 26.2. The van der Waals surface area contributed by atoms with Gasteiger partial charge in [0, 0.05) is 45.5 Å². The maximum absolute atomic E-state index is 2.49. The van der Waals surface area contributed by atoms with E-state index in [1.807, 2.05) is 0 Å². The number of rotatable bonds is 5. The molecule has 0 radical (unpaired) electrons. The van der Waals surface area contributed by atoms with Crippen molar-refractivity contribution in [2.45, 2.75) is 6.92 Å². The van der Waals surface area contributed by atoms with Gasteiger partial charge in [-0.2, -0.15) is 0 Å². The number of benzene rings is 7. The molecule has 0 fully saturated rings. The minimum Gasteiger partial charge on any atom is -0.311 e. The lowest BCUT2D eigenvalue weighted by Gasteiger charge is -2.46. The number of hydrogen-bond donors (Lipinski definition) is 0. The number of anilines is 9. The van der Waals surface area contributed by atoms with Crippen LogP contribution in [0.3, 0.4) is 0 Å². The van der Waals surface area contributed by atoms with Crippen LogP contribution in [0.15, 0.2) is 176 Å². The molecule has 3 nitrogen and oxygen atoms in total. The fraction of sp³-hybridized carbons (Fsp3) is 0.0233. The van der Waals surface area contributed by atoms with Crippen molar-refractivity contribution in [3.8, 4) is 0 Å². The first-order valence-electron chi connectivity index (χ1n) is 16.3. The van der Waals surface area contributed by atoms with Gasteiger partial charge in [-0.1, -0.05) is 109 Å². The van der Waals surface area contributed by atoms with Gasteiger partial charge >= 0.3 is 0 Å². The molecule has 47 heavy (non-hydrogen) atoms. The smallest absolute Gasteiger partial charge is 0.252 e. The van der Waals surface area contributed by atoms with Crippen LogP contribution >= 0.6 is 0 Å². The normalized spacial score (nSPS) is 12.7. The van der Waals surface area contributed by atoms with Gasteiger partial charge in [0.05, 0.1) is 5.69 Å². The Morgan fingerprint density at radius 1 is 0.447 bits per heavy atom. The zero-order chi connectivity index (χ0) is 31.3. The molecular weight excluding hydrogens is 569 g/mol. The first kappa shape index (κ1) is 27.3. The third kappa shape index (κ3) is 4.29. The summed E-state index contributed by atoms with van der Waals surface area (Å²) in [5.74, 6) is 0. The molecule has 0 aliphatic carbocycles. The first-order chi connectivity index (χ1) is 23.3. The predicted molar refractivity (Wildman–Crippen MR) is 200 cm³/mol. The molecule has 0 amide bonds. The van der Waals surface area contributed by atoms with Gasteiger partial charge < -0.3 is 14.7 Å². The third-order valence-corrected chi connectivity index (χ3v) is 9.57. The van der Waals surface area contributed by atoms with Gasteiger partial charge in [0.1, 0.15) is 0 Å². The standard InChI is InChI=1S/C43H32BN3/c1-31-40(45(32-18-6-2-7-19-32)33-20-8-3-9-21-33)30-41-42-43(31)47(35-24-12-5-13-25-35)39-29-17-15-27-37(39)44(42)36-26-14-16-28-38(36)46(41)34-22-10-4-11-23-34/h2-30H,1H3. The van der Waals surface area contributed by atoms with Gasteiger partial charge in [0.2, 0.25) is 0 Å². The van der Waals surface area contributed by atoms with Crippen molar-refractivity contribution in [3.05, 3.63) is 181 Å². The highest BCUT2D eigenvalue weighted by Crippen LogP contribution is 2.49. The summed E-state index contributed by atoms with van der Waals surface area (Å²) in [6, 6.07) is 63.5. The predicted octanol–water partition coefficient (Wildman–Crippen LogP) is 9.55. The highest BCUT2D eigenvalue weighted by Gasteiger charge is 2.44. The summed E-state index contributed by atoms with van der Waals surface area (Å²) in [5.41, 5.74) is 15.7. The summed E-state index contributed by atoms with van der Waals surface area (Å²) < 4.78 is 0. The lowest BCUT2D eigenvalue weighted by Crippen LogP contribution is -2.61. The molecule has 9 rings (SSSR count). The molecule has 2 heterocycles. The first-order valence-corrected chi connectivity index (χ1v) is 16.3.